The van der Waals surface area contributed by atoms with Gasteiger partial charge in [-0.3, -0.25) is 13.9 Å². The van der Waals surface area contributed by atoms with Crippen molar-refractivity contribution in [3.63, 3.8) is 0 Å². The van der Waals surface area contributed by atoms with Gasteiger partial charge >= 0.3 is 0 Å². The summed E-state index contributed by atoms with van der Waals surface area (Å²) in [7, 11) is -2.28. The van der Waals surface area contributed by atoms with Gasteiger partial charge in [0.1, 0.15) is 18.3 Å². The number of sulfonamides is 1. The maximum atomic E-state index is 13.6. The van der Waals surface area contributed by atoms with Crippen molar-refractivity contribution >= 4 is 27.5 Å². The Hall–Kier alpha value is -3.47. The van der Waals surface area contributed by atoms with Gasteiger partial charge in [0.2, 0.25) is 28.6 Å². The fourth-order valence-electron chi connectivity index (χ4n) is 3.63. The molecule has 1 aliphatic rings. The second-order valence-electron chi connectivity index (χ2n) is 8.67. The van der Waals surface area contributed by atoms with Gasteiger partial charge in [-0.15, -0.1) is 0 Å². The molecule has 0 saturated heterocycles. The summed E-state index contributed by atoms with van der Waals surface area (Å²) in [4.78, 5) is 27.9. The van der Waals surface area contributed by atoms with E-state index in [1.54, 1.807) is 50.4 Å². The van der Waals surface area contributed by atoms with E-state index in [1.807, 2.05) is 13.8 Å². The van der Waals surface area contributed by atoms with E-state index in [2.05, 4.69) is 5.32 Å². The van der Waals surface area contributed by atoms with E-state index < -0.39 is 28.5 Å². The molecule has 0 bridgehead atoms. The van der Waals surface area contributed by atoms with Crippen molar-refractivity contribution < 1.29 is 32.2 Å². The number of ether oxygens (including phenoxy) is 3. The summed E-state index contributed by atoms with van der Waals surface area (Å²) >= 11 is 0. The van der Waals surface area contributed by atoms with Crippen molar-refractivity contribution in [1.82, 2.24) is 10.2 Å². The van der Waals surface area contributed by atoms with Crippen LogP contribution in [0.2, 0.25) is 0 Å². The van der Waals surface area contributed by atoms with Crippen LogP contribution in [-0.4, -0.2) is 63.9 Å². The topological polar surface area (TPSA) is 114 Å². The fraction of sp³-hybridized carbons (Fsp3) is 0.440. The first-order valence-electron chi connectivity index (χ1n) is 11.6. The number of nitrogens with zero attached hydrogens (tertiary/aromatic N) is 2. The molecule has 196 valence electrons. The van der Waals surface area contributed by atoms with Crippen LogP contribution in [0.4, 0.5) is 5.69 Å². The lowest BCUT2D eigenvalue weighted by Gasteiger charge is -2.32. The van der Waals surface area contributed by atoms with E-state index in [-0.39, 0.29) is 31.0 Å². The van der Waals surface area contributed by atoms with E-state index in [1.165, 1.54) is 11.0 Å². The van der Waals surface area contributed by atoms with Gasteiger partial charge in [0, 0.05) is 18.7 Å². The summed E-state index contributed by atoms with van der Waals surface area (Å²) in [6.45, 7) is 5.11. The molecule has 0 aromatic heterocycles. The monoisotopic (exact) mass is 519 g/mol. The number of nitrogens with one attached hydrogen (secondary N) is 1. The maximum Gasteiger partial charge on any atom is 0.244 e. The number of hydrogen-bond acceptors (Lipinski definition) is 7. The Balaban J connectivity index is 1.90. The molecule has 2 aromatic rings. The molecule has 10 nitrogen and oxygen atoms in total. The van der Waals surface area contributed by atoms with Crippen LogP contribution in [0.3, 0.4) is 0 Å². The molecule has 0 saturated carbocycles. The molecule has 36 heavy (non-hydrogen) atoms. The number of anilines is 1. The third-order valence-corrected chi connectivity index (χ3v) is 7.14. The van der Waals surface area contributed by atoms with E-state index >= 15 is 0 Å². The first-order valence-corrected chi connectivity index (χ1v) is 13.5. The Labute approximate surface area is 212 Å². The van der Waals surface area contributed by atoms with E-state index in [0.717, 1.165) is 22.5 Å². The number of amides is 2. The number of hydrogen-bond donors (Lipinski definition) is 1. The molecule has 3 rings (SSSR count). The molecule has 2 amide bonds. The van der Waals surface area contributed by atoms with Crippen LogP contribution in [-0.2, 0) is 26.2 Å². The Morgan fingerprint density at radius 2 is 1.75 bits per heavy atom. The van der Waals surface area contributed by atoms with Crippen LogP contribution in [0.25, 0.3) is 0 Å². The lowest BCUT2D eigenvalue weighted by atomic mass is 10.1. The number of fused-ring (bicyclic) bond motifs is 1. The zero-order chi connectivity index (χ0) is 26.5. The van der Waals surface area contributed by atoms with Gasteiger partial charge in [-0.1, -0.05) is 19.1 Å². The third kappa shape index (κ3) is 6.60. The standard InChI is InChI=1S/C25H33N3O7S/c1-6-17(2)26-25(30)18(3)27(14-19-7-10-21(33-4)11-8-19)24(29)15-28(36(5,31)32)20-9-12-22-23(13-20)35-16-34-22/h7-13,17-18H,6,14-16H2,1-5H3,(H,26,30)/t17-,18-/m0/s1. The largest absolute Gasteiger partial charge is 0.497 e. The van der Waals surface area contributed by atoms with Crippen molar-refractivity contribution in [2.75, 3.05) is 31.0 Å². The van der Waals surface area contributed by atoms with Crippen molar-refractivity contribution in [3.05, 3.63) is 48.0 Å². The second kappa shape index (κ2) is 11.5. The molecule has 11 heteroatoms. The van der Waals surface area contributed by atoms with Crippen molar-refractivity contribution in [2.45, 2.75) is 45.8 Å². The highest BCUT2D eigenvalue weighted by Crippen LogP contribution is 2.36. The van der Waals surface area contributed by atoms with E-state index in [0.29, 0.717) is 17.2 Å². The Morgan fingerprint density at radius 1 is 1.08 bits per heavy atom. The number of carbonyl (C=O) groups excluding carboxylic acids is 2. The van der Waals surface area contributed by atoms with Gasteiger partial charge in [-0.05, 0) is 50.1 Å². The quantitative estimate of drug-likeness (QED) is 0.485. The van der Waals surface area contributed by atoms with Crippen molar-refractivity contribution in [3.8, 4) is 17.2 Å². The highest BCUT2D eigenvalue weighted by atomic mass is 32.2. The molecule has 2 atom stereocenters. The van der Waals surface area contributed by atoms with Crippen molar-refractivity contribution in [2.24, 2.45) is 0 Å². The molecule has 1 heterocycles. The molecule has 0 fully saturated rings. The summed E-state index contributed by atoms with van der Waals surface area (Å²) in [5, 5.41) is 2.90. The highest BCUT2D eigenvalue weighted by Gasteiger charge is 2.31. The van der Waals surface area contributed by atoms with Gasteiger partial charge in [0.05, 0.1) is 19.1 Å². The molecule has 0 aliphatic carbocycles. The number of rotatable bonds is 11. The van der Waals surface area contributed by atoms with Crippen LogP contribution in [0.15, 0.2) is 42.5 Å². The van der Waals surface area contributed by atoms with Gasteiger partial charge in [-0.2, -0.15) is 0 Å². The van der Waals surface area contributed by atoms with Crippen LogP contribution in [0.5, 0.6) is 17.2 Å². The van der Waals surface area contributed by atoms with Crippen LogP contribution in [0.1, 0.15) is 32.8 Å². The zero-order valence-corrected chi connectivity index (χ0v) is 22.0. The summed E-state index contributed by atoms with van der Waals surface area (Å²) in [6, 6.07) is 10.9. The number of benzene rings is 2. The van der Waals surface area contributed by atoms with Crippen LogP contribution < -0.4 is 23.8 Å². The van der Waals surface area contributed by atoms with Gasteiger partial charge in [0.25, 0.3) is 0 Å². The van der Waals surface area contributed by atoms with E-state index in [4.69, 9.17) is 14.2 Å². The SMILES string of the molecule is CC[C@H](C)NC(=O)[C@H](C)N(Cc1ccc(OC)cc1)C(=O)CN(c1ccc2c(c1)OCO2)S(C)(=O)=O. The first-order chi connectivity index (χ1) is 17.0. The fourth-order valence-corrected chi connectivity index (χ4v) is 4.47. The minimum Gasteiger partial charge on any atom is -0.497 e. The Bertz CT molecular complexity index is 1180. The predicted molar refractivity (Wildman–Crippen MR) is 136 cm³/mol. The highest BCUT2D eigenvalue weighted by molar-refractivity contribution is 7.92. The van der Waals surface area contributed by atoms with Gasteiger partial charge in [0.15, 0.2) is 11.5 Å². The van der Waals surface area contributed by atoms with Crippen molar-refractivity contribution in [1.29, 1.82) is 0 Å². The first kappa shape index (κ1) is 27.1. The van der Waals surface area contributed by atoms with Crippen LogP contribution in [0, 0.1) is 0 Å². The summed E-state index contributed by atoms with van der Waals surface area (Å²) < 4.78 is 42.3. The molecule has 1 aliphatic heterocycles. The lowest BCUT2D eigenvalue weighted by molar-refractivity contribution is -0.139. The Kier molecular flexibility index (Phi) is 8.67. The summed E-state index contributed by atoms with van der Waals surface area (Å²) in [5.41, 5.74) is 1.03. The molecular weight excluding hydrogens is 486 g/mol. The Morgan fingerprint density at radius 3 is 2.36 bits per heavy atom. The second-order valence-corrected chi connectivity index (χ2v) is 10.6. The van der Waals surface area contributed by atoms with Gasteiger partial charge in [-0.25, -0.2) is 8.42 Å². The van der Waals surface area contributed by atoms with E-state index in [9.17, 15) is 18.0 Å². The smallest absolute Gasteiger partial charge is 0.244 e. The molecule has 1 N–H and O–H groups in total. The molecular formula is C25H33N3O7S. The number of methoxy groups -OCH3 is 1. The molecule has 0 unspecified atom stereocenters. The lowest BCUT2D eigenvalue weighted by Crippen LogP contribution is -2.52. The van der Waals surface area contributed by atoms with Crippen LogP contribution >= 0.6 is 0 Å². The van der Waals surface area contributed by atoms with Gasteiger partial charge < -0.3 is 24.4 Å². The average molecular weight is 520 g/mol. The minimum atomic E-state index is -3.84. The predicted octanol–water partition coefficient (Wildman–Crippen LogP) is 2.52. The molecule has 0 spiro atoms. The summed E-state index contributed by atoms with van der Waals surface area (Å²) in [6.07, 6.45) is 1.76. The summed E-state index contributed by atoms with van der Waals surface area (Å²) in [5.74, 6) is 0.700. The average Bonchev–Trinajstić information content (AvgIpc) is 3.32. The number of carbonyl (C=O) groups is 2. The maximum absolute atomic E-state index is 13.6. The minimum absolute atomic E-state index is 0.0367. The molecule has 0 radical (unpaired) electrons. The molecule has 2 aromatic carbocycles. The normalized spacial score (nSPS) is 14.0. The third-order valence-electron chi connectivity index (χ3n) is 6.00. The zero-order valence-electron chi connectivity index (χ0n) is 21.2.